The monoisotopic (exact) mass is 278 g/mol. The molecule has 0 spiro atoms. The van der Waals surface area contributed by atoms with Crippen molar-refractivity contribution < 1.29 is 24.2 Å². The average molecular weight is 278 g/mol. The molecule has 0 saturated heterocycles. The molecule has 2 aliphatic heterocycles. The first kappa shape index (κ1) is 12.6. The van der Waals surface area contributed by atoms with Crippen LogP contribution in [0.25, 0.3) is 0 Å². The van der Waals surface area contributed by atoms with Crippen LogP contribution in [0.15, 0.2) is 12.1 Å². The van der Waals surface area contributed by atoms with Gasteiger partial charge in [0, 0.05) is 12.1 Å². The minimum atomic E-state index is -1.02. The van der Waals surface area contributed by atoms with Crippen LogP contribution in [0.3, 0.4) is 0 Å². The molecule has 3 rings (SSSR count). The Morgan fingerprint density at radius 3 is 2.80 bits per heavy atom. The van der Waals surface area contributed by atoms with E-state index in [0.29, 0.717) is 29.3 Å². The maximum absolute atomic E-state index is 12.1. The highest BCUT2D eigenvalue weighted by Gasteiger charge is 2.35. The lowest BCUT2D eigenvalue weighted by atomic mass is 10.1. The summed E-state index contributed by atoms with van der Waals surface area (Å²) in [6, 6.07) is 2.49. The molecule has 1 atom stereocenters. The zero-order valence-corrected chi connectivity index (χ0v) is 10.9. The van der Waals surface area contributed by atoms with Crippen LogP contribution in [0.4, 0.5) is 11.4 Å². The van der Waals surface area contributed by atoms with Gasteiger partial charge in [-0.2, -0.15) is 0 Å². The molecule has 1 amide bonds. The first-order valence-electron chi connectivity index (χ1n) is 6.34. The molecule has 7 nitrogen and oxygen atoms in total. The number of anilines is 2. The first-order valence-corrected chi connectivity index (χ1v) is 6.34. The highest BCUT2D eigenvalue weighted by molar-refractivity contribution is 6.07. The summed E-state index contributed by atoms with van der Waals surface area (Å²) in [5.41, 5.74) is 1.19. The van der Waals surface area contributed by atoms with Crippen LogP contribution in [0.1, 0.15) is 13.3 Å². The van der Waals surface area contributed by atoms with Crippen molar-refractivity contribution in [1.82, 2.24) is 0 Å². The summed E-state index contributed by atoms with van der Waals surface area (Å²) in [7, 11) is 0. The van der Waals surface area contributed by atoms with Gasteiger partial charge in [-0.3, -0.25) is 9.69 Å². The van der Waals surface area contributed by atoms with Crippen LogP contribution in [0, 0.1) is 0 Å². The number of hydrogen-bond donors (Lipinski definition) is 2. The number of amides is 1. The summed E-state index contributed by atoms with van der Waals surface area (Å²) in [5.74, 6) is -0.184. The molecule has 106 valence electrons. The third kappa shape index (κ3) is 1.82. The van der Waals surface area contributed by atoms with Crippen molar-refractivity contribution in [3.63, 3.8) is 0 Å². The Morgan fingerprint density at radius 2 is 2.15 bits per heavy atom. The van der Waals surface area contributed by atoms with Gasteiger partial charge in [-0.15, -0.1) is 0 Å². The SMILES string of the molecule is CCC(C(=O)O)N1C(=O)CNc2cc3c(cc21)OCO3. The van der Waals surface area contributed by atoms with E-state index in [9.17, 15) is 14.7 Å². The summed E-state index contributed by atoms with van der Waals surface area (Å²) >= 11 is 0. The fourth-order valence-corrected chi connectivity index (χ4v) is 2.47. The van der Waals surface area contributed by atoms with Gasteiger partial charge in [-0.1, -0.05) is 6.92 Å². The highest BCUT2D eigenvalue weighted by atomic mass is 16.7. The van der Waals surface area contributed by atoms with E-state index in [1.165, 1.54) is 4.90 Å². The Bertz CT molecular complexity index is 586. The van der Waals surface area contributed by atoms with Crippen LogP contribution in [-0.2, 0) is 9.59 Å². The second-order valence-electron chi connectivity index (χ2n) is 4.60. The van der Waals surface area contributed by atoms with Crippen molar-refractivity contribution in [2.45, 2.75) is 19.4 Å². The Labute approximate surface area is 115 Å². The lowest BCUT2D eigenvalue weighted by Gasteiger charge is -2.34. The Morgan fingerprint density at radius 1 is 1.45 bits per heavy atom. The van der Waals surface area contributed by atoms with E-state index in [-0.39, 0.29) is 19.2 Å². The number of benzene rings is 1. The average Bonchev–Trinajstić information content (AvgIpc) is 2.86. The molecule has 2 heterocycles. The van der Waals surface area contributed by atoms with Gasteiger partial charge < -0.3 is 19.9 Å². The normalized spacial score (nSPS) is 17.4. The predicted molar refractivity (Wildman–Crippen MR) is 70.3 cm³/mol. The maximum atomic E-state index is 12.1. The molecule has 0 fully saturated rings. The summed E-state index contributed by atoms with van der Waals surface area (Å²) in [6.45, 7) is 1.93. The number of nitrogens with zero attached hydrogens (tertiary/aromatic N) is 1. The molecule has 1 unspecified atom stereocenters. The maximum Gasteiger partial charge on any atom is 0.326 e. The molecule has 0 aromatic heterocycles. The van der Waals surface area contributed by atoms with Gasteiger partial charge in [0.25, 0.3) is 0 Å². The summed E-state index contributed by atoms with van der Waals surface area (Å²) in [6.07, 6.45) is 0.328. The molecule has 2 N–H and O–H groups in total. The van der Waals surface area contributed by atoms with Gasteiger partial charge in [0.05, 0.1) is 17.9 Å². The van der Waals surface area contributed by atoms with E-state index in [2.05, 4.69) is 5.32 Å². The molecular formula is C13H14N2O5. The van der Waals surface area contributed by atoms with Gasteiger partial charge >= 0.3 is 5.97 Å². The van der Waals surface area contributed by atoms with Crippen LogP contribution in [-0.4, -0.2) is 36.4 Å². The van der Waals surface area contributed by atoms with Crippen LogP contribution in [0.2, 0.25) is 0 Å². The lowest BCUT2D eigenvalue weighted by molar-refractivity contribution is -0.140. The van der Waals surface area contributed by atoms with Crippen molar-refractivity contribution in [3.05, 3.63) is 12.1 Å². The smallest absolute Gasteiger partial charge is 0.326 e. The van der Waals surface area contributed by atoms with Gasteiger partial charge in [-0.25, -0.2) is 4.79 Å². The molecule has 0 radical (unpaired) electrons. The predicted octanol–water partition coefficient (Wildman–Crippen LogP) is 1.04. The van der Waals surface area contributed by atoms with Crippen LogP contribution >= 0.6 is 0 Å². The topological polar surface area (TPSA) is 88.1 Å². The van der Waals surface area contributed by atoms with Crippen molar-refractivity contribution in [1.29, 1.82) is 0 Å². The minimum absolute atomic E-state index is 0.0659. The number of carboxylic acid groups (broad SMARTS) is 1. The number of carboxylic acids is 1. The molecular weight excluding hydrogens is 264 g/mol. The lowest BCUT2D eigenvalue weighted by Crippen LogP contribution is -2.49. The molecule has 0 aliphatic carbocycles. The van der Waals surface area contributed by atoms with E-state index in [1.54, 1.807) is 19.1 Å². The summed E-state index contributed by atoms with van der Waals surface area (Å²) < 4.78 is 10.6. The Kier molecular flexibility index (Phi) is 2.89. The second kappa shape index (κ2) is 4.59. The number of nitrogens with one attached hydrogen (secondary N) is 1. The van der Waals surface area contributed by atoms with E-state index < -0.39 is 12.0 Å². The molecule has 1 aromatic carbocycles. The van der Waals surface area contributed by atoms with Crippen LogP contribution < -0.4 is 19.7 Å². The fraction of sp³-hybridized carbons (Fsp3) is 0.385. The largest absolute Gasteiger partial charge is 0.480 e. The summed E-state index contributed by atoms with van der Waals surface area (Å²) in [4.78, 5) is 24.8. The molecule has 0 bridgehead atoms. The van der Waals surface area contributed by atoms with Gasteiger partial charge in [-0.05, 0) is 6.42 Å². The zero-order chi connectivity index (χ0) is 14.3. The number of carbonyl (C=O) groups is 2. The highest BCUT2D eigenvalue weighted by Crippen LogP contribution is 2.43. The number of rotatable bonds is 3. The van der Waals surface area contributed by atoms with Crippen molar-refractivity contribution in [3.8, 4) is 11.5 Å². The van der Waals surface area contributed by atoms with Crippen LogP contribution in [0.5, 0.6) is 11.5 Å². The third-order valence-electron chi connectivity index (χ3n) is 3.43. The van der Waals surface area contributed by atoms with Gasteiger partial charge in [0.1, 0.15) is 6.04 Å². The zero-order valence-electron chi connectivity index (χ0n) is 10.9. The number of ether oxygens (including phenoxy) is 2. The second-order valence-corrected chi connectivity index (χ2v) is 4.60. The van der Waals surface area contributed by atoms with E-state index in [4.69, 9.17) is 9.47 Å². The van der Waals surface area contributed by atoms with E-state index >= 15 is 0 Å². The minimum Gasteiger partial charge on any atom is -0.480 e. The third-order valence-corrected chi connectivity index (χ3v) is 3.43. The number of carbonyl (C=O) groups excluding carboxylic acids is 1. The Balaban J connectivity index is 2.08. The molecule has 20 heavy (non-hydrogen) atoms. The first-order chi connectivity index (χ1) is 9.61. The number of fused-ring (bicyclic) bond motifs is 2. The molecule has 0 saturated carbocycles. The number of aliphatic carboxylic acids is 1. The number of hydrogen-bond acceptors (Lipinski definition) is 5. The quantitative estimate of drug-likeness (QED) is 0.858. The van der Waals surface area contributed by atoms with Gasteiger partial charge in [0.15, 0.2) is 11.5 Å². The molecule has 7 heteroatoms. The standard InChI is InChI=1S/C13H14N2O5/c1-2-8(13(17)18)15-9-4-11-10(19-6-20-11)3-7(9)14-5-12(15)16/h3-4,8,14H,2,5-6H2,1H3,(H,17,18). The Hall–Kier alpha value is -2.44. The molecule has 1 aromatic rings. The van der Waals surface area contributed by atoms with E-state index in [1.807, 2.05) is 0 Å². The summed E-state index contributed by atoms with van der Waals surface area (Å²) in [5, 5.41) is 12.3. The van der Waals surface area contributed by atoms with Gasteiger partial charge in [0.2, 0.25) is 12.7 Å². The van der Waals surface area contributed by atoms with E-state index in [0.717, 1.165) is 0 Å². The van der Waals surface area contributed by atoms with Crippen molar-refractivity contribution in [2.75, 3.05) is 23.6 Å². The van der Waals surface area contributed by atoms with Crippen molar-refractivity contribution >= 4 is 23.3 Å². The fourth-order valence-electron chi connectivity index (χ4n) is 2.47. The molecule has 2 aliphatic rings. The van der Waals surface area contributed by atoms with Crippen molar-refractivity contribution in [2.24, 2.45) is 0 Å².